The van der Waals surface area contributed by atoms with Crippen molar-refractivity contribution in [3.05, 3.63) is 69.8 Å². The van der Waals surface area contributed by atoms with Crippen molar-refractivity contribution < 1.29 is 9.32 Å². The van der Waals surface area contributed by atoms with E-state index in [1.165, 1.54) is 0 Å². The van der Waals surface area contributed by atoms with Crippen LogP contribution in [-0.2, 0) is 0 Å². The molecule has 0 fully saturated rings. The SMILES string of the molecule is O=C(Nc1cccc(Cl)c1)c1cc(-c2ccc(Br)cc2)on1. The number of anilines is 1. The summed E-state index contributed by atoms with van der Waals surface area (Å²) in [7, 11) is 0. The average Bonchev–Trinajstić information content (AvgIpc) is 2.98. The molecule has 0 saturated carbocycles. The lowest BCUT2D eigenvalue weighted by Gasteiger charge is -2.02. The summed E-state index contributed by atoms with van der Waals surface area (Å²) in [6, 6.07) is 16.0. The maximum atomic E-state index is 12.1. The van der Waals surface area contributed by atoms with Gasteiger partial charge < -0.3 is 9.84 Å². The van der Waals surface area contributed by atoms with Gasteiger partial charge in [0.15, 0.2) is 11.5 Å². The van der Waals surface area contributed by atoms with Crippen LogP contribution in [0.15, 0.2) is 63.6 Å². The lowest BCUT2D eigenvalue weighted by molar-refractivity contribution is 0.101. The summed E-state index contributed by atoms with van der Waals surface area (Å²) >= 11 is 9.25. The second kappa shape index (κ2) is 6.34. The smallest absolute Gasteiger partial charge is 0.277 e. The summed E-state index contributed by atoms with van der Waals surface area (Å²) in [6.07, 6.45) is 0. The van der Waals surface area contributed by atoms with E-state index in [4.69, 9.17) is 16.1 Å². The Balaban J connectivity index is 1.78. The van der Waals surface area contributed by atoms with E-state index >= 15 is 0 Å². The van der Waals surface area contributed by atoms with Gasteiger partial charge in [-0.25, -0.2) is 0 Å². The van der Waals surface area contributed by atoms with E-state index in [1.54, 1.807) is 30.3 Å². The first-order valence-corrected chi connectivity index (χ1v) is 7.58. The first-order chi connectivity index (χ1) is 10.6. The lowest BCUT2D eigenvalue weighted by Crippen LogP contribution is -2.11. The van der Waals surface area contributed by atoms with Crippen LogP contribution in [0.4, 0.5) is 5.69 Å². The van der Waals surface area contributed by atoms with Gasteiger partial charge in [-0.05, 0) is 30.3 Å². The maximum absolute atomic E-state index is 12.1. The highest BCUT2D eigenvalue weighted by atomic mass is 79.9. The van der Waals surface area contributed by atoms with Crippen LogP contribution in [0.25, 0.3) is 11.3 Å². The molecule has 22 heavy (non-hydrogen) atoms. The molecule has 0 bridgehead atoms. The van der Waals surface area contributed by atoms with E-state index in [0.717, 1.165) is 10.0 Å². The molecule has 0 saturated heterocycles. The molecule has 0 aliphatic rings. The van der Waals surface area contributed by atoms with Crippen molar-refractivity contribution in [2.75, 3.05) is 5.32 Å². The number of carbonyl (C=O) groups is 1. The van der Waals surface area contributed by atoms with Gasteiger partial charge in [0.05, 0.1) is 0 Å². The van der Waals surface area contributed by atoms with E-state index in [2.05, 4.69) is 26.4 Å². The minimum atomic E-state index is -0.352. The van der Waals surface area contributed by atoms with Crippen LogP contribution in [0.3, 0.4) is 0 Å². The quantitative estimate of drug-likeness (QED) is 0.698. The fourth-order valence-electron chi connectivity index (χ4n) is 1.89. The normalized spacial score (nSPS) is 10.5. The van der Waals surface area contributed by atoms with E-state index in [9.17, 15) is 4.79 Å². The van der Waals surface area contributed by atoms with Gasteiger partial charge in [0.1, 0.15) is 0 Å². The van der Waals surface area contributed by atoms with Crippen LogP contribution in [0.5, 0.6) is 0 Å². The van der Waals surface area contributed by atoms with Crippen molar-refractivity contribution in [1.82, 2.24) is 5.16 Å². The van der Waals surface area contributed by atoms with Crippen LogP contribution in [0.2, 0.25) is 5.02 Å². The van der Waals surface area contributed by atoms with Gasteiger partial charge in [0.2, 0.25) is 0 Å². The van der Waals surface area contributed by atoms with E-state index in [-0.39, 0.29) is 11.6 Å². The number of nitrogens with one attached hydrogen (secondary N) is 1. The fraction of sp³-hybridized carbons (Fsp3) is 0. The molecule has 3 aromatic rings. The summed E-state index contributed by atoms with van der Waals surface area (Å²) in [5.74, 6) is 0.179. The lowest BCUT2D eigenvalue weighted by atomic mass is 10.1. The van der Waals surface area contributed by atoms with E-state index in [1.807, 2.05) is 24.3 Å². The summed E-state index contributed by atoms with van der Waals surface area (Å²) in [5.41, 5.74) is 1.65. The number of hydrogen-bond donors (Lipinski definition) is 1. The summed E-state index contributed by atoms with van der Waals surface area (Å²) in [4.78, 5) is 12.1. The highest BCUT2D eigenvalue weighted by Crippen LogP contribution is 2.23. The first-order valence-electron chi connectivity index (χ1n) is 6.41. The van der Waals surface area contributed by atoms with Gasteiger partial charge in [0, 0.05) is 26.8 Å². The highest BCUT2D eigenvalue weighted by Gasteiger charge is 2.14. The standard InChI is InChI=1S/C16H10BrClN2O2/c17-11-6-4-10(5-7-11)15-9-14(20-22-15)16(21)19-13-3-1-2-12(18)8-13/h1-9H,(H,19,21). The molecule has 2 aromatic carbocycles. The van der Waals surface area contributed by atoms with E-state index in [0.29, 0.717) is 16.5 Å². The Morgan fingerprint density at radius 3 is 2.64 bits per heavy atom. The molecule has 3 rings (SSSR count). The van der Waals surface area contributed by atoms with Gasteiger partial charge in [-0.1, -0.05) is 50.9 Å². The molecule has 0 spiro atoms. The molecule has 0 unspecified atom stereocenters. The Kier molecular flexibility index (Phi) is 4.27. The fourth-order valence-corrected chi connectivity index (χ4v) is 2.35. The number of halogens is 2. The number of hydrogen-bond acceptors (Lipinski definition) is 3. The predicted molar refractivity (Wildman–Crippen MR) is 89.0 cm³/mol. The van der Waals surface area contributed by atoms with Crippen molar-refractivity contribution >= 4 is 39.1 Å². The Labute approximate surface area is 140 Å². The average molecular weight is 378 g/mol. The van der Waals surface area contributed by atoms with Crippen molar-refractivity contribution in [3.8, 4) is 11.3 Å². The minimum Gasteiger partial charge on any atom is -0.355 e. The van der Waals surface area contributed by atoms with Gasteiger partial charge in [-0.3, -0.25) is 4.79 Å². The Bertz CT molecular complexity index is 815. The number of rotatable bonds is 3. The molecule has 4 nitrogen and oxygen atoms in total. The molecule has 110 valence electrons. The molecule has 6 heteroatoms. The Morgan fingerprint density at radius 2 is 1.91 bits per heavy atom. The highest BCUT2D eigenvalue weighted by molar-refractivity contribution is 9.10. The second-order valence-electron chi connectivity index (χ2n) is 4.55. The predicted octanol–water partition coefficient (Wildman–Crippen LogP) is 5.01. The van der Waals surface area contributed by atoms with Crippen molar-refractivity contribution in [1.29, 1.82) is 0 Å². The van der Waals surface area contributed by atoms with Crippen LogP contribution in [0, 0.1) is 0 Å². The van der Waals surface area contributed by atoms with Crippen LogP contribution < -0.4 is 5.32 Å². The summed E-state index contributed by atoms with van der Waals surface area (Å²) in [5, 5.41) is 7.07. The maximum Gasteiger partial charge on any atom is 0.277 e. The molecule has 0 aliphatic carbocycles. The number of amides is 1. The van der Waals surface area contributed by atoms with E-state index < -0.39 is 0 Å². The third kappa shape index (κ3) is 3.37. The first kappa shape index (κ1) is 14.8. The summed E-state index contributed by atoms with van der Waals surface area (Å²) in [6.45, 7) is 0. The van der Waals surface area contributed by atoms with Gasteiger partial charge >= 0.3 is 0 Å². The zero-order valence-electron chi connectivity index (χ0n) is 11.2. The van der Waals surface area contributed by atoms with Crippen LogP contribution in [0.1, 0.15) is 10.5 Å². The monoisotopic (exact) mass is 376 g/mol. The Hall–Kier alpha value is -2.11. The molecule has 0 aliphatic heterocycles. The Morgan fingerprint density at radius 1 is 1.14 bits per heavy atom. The zero-order chi connectivity index (χ0) is 15.5. The number of benzene rings is 2. The largest absolute Gasteiger partial charge is 0.355 e. The van der Waals surface area contributed by atoms with Crippen molar-refractivity contribution in [2.45, 2.75) is 0 Å². The van der Waals surface area contributed by atoms with Crippen molar-refractivity contribution in [3.63, 3.8) is 0 Å². The molecule has 1 amide bonds. The summed E-state index contributed by atoms with van der Waals surface area (Å²) < 4.78 is 6.19. The zero-order valence-corrected chi connectivity index (χ0v) is 13.6. The molecular weight excluding hydrogens is 368 g/mol. The molecule has 0 radical (unpaired) electrons. The number of nitrogens with zero attached hydrogens (tertiary/aromatic N) is 1. The van der Waals surface area contributed by atoms with Crippen molar-refractivity contribution in [2.24, 2.45) is 0 Å². The van der Waals surface area contributed by atoms with Crippen LogP contribution >= 0.6 is 27.5 Å². The minimum absolute atomic E-state index is 0.206. The third-order valence-electron chi connectivity index (χ3n) is 2.95. The topological polar surface area (TPSA) is 55.1 Å². The number of carbonyl (C=O) groups excluding carboxylic acids is 1. The molecule has 0 atom stereocenters. The molecular formula is C16H10BrClN2O2. The molecule has 1 N–H and O–H groups in total. The third-order valence-corrected chi connectivity index (χ3v) is 3.72. The van der Waals surface area contributed by atoms with Crippen LogP contribution in [-0.4, -0.2) is 11.1 Å². The molecule has 1 heterocycles. The molecule has 1 aromatic heterocycles. The van der Waals surface area contributed by atoms with Gasteiger partial charge in [-0.2, -0.15) is 0 Å². The van der Waals surface area contributed by atoms with Gasteiger partial charge in [0.25, 0.3) is 5.91 Å². The number of aromatic nitrogens is 1. The van der Waals surface area contributed by atoms with Gasteiger partial charge in [-0.15, -0.1) is 0 Å². The second-order valence-corrected chi connectivity index (χ2v) is 5.90.